The van der Waals surface area contributed by atoms with Gasteiger partial charge >= 0.3 is 79.3 Å². The van der Waals surface area contributed by atoms with Gasteiger partial charge in [0.05, 0.1) is 0 Å². The summed E-state index contributed by atoms with van der Waals surface area (Å²) < 4.78 is 30.0. The Bertz CT molecular complexity index is 393. The van der Waals surface area contributed by atoms with Crippen molar-refractivity contribution in [1.82, 2.24) is 0 Å². The van der Waals surface area contributed by atoms with Crippen molar-refractivity contribution in [3.05, 3.63) is 87.3 Å². The minimum Gasteiger partial charge on any atom is -0.999 e. The van der Waals surface area contributed by atoms with Crippen molar-refractivity contribution in [2.45, 2.75) is 19.3 Å². The molecule has 0 spiro atoms. The van der Waals surface area contributed by atoms with E-state index in [-0.39, 0.29) is 34.1 Å². The second kappa shape index (κ2) is 75.1. The van der Waals surface area contributed by atoms with Gasteiger partial charge in [-0.25, -0.2) is 0 Å². The first kappa shape index (κ1) is 44.5. The zero-order chi connectivity index (χ0) is 20.6. The van der Waals surface area contributed by atoms with Gasteiger partial charge < -0.3 is 70.3 Å². The van der Waals surface area contributed by atoms with E-state index in [1.807, 2.05) is 0 Å². The van der Waals surface area contributed by atoms with Gasteiger partial charge in [0.1, 0.15) is 0 Å². The molecule has 0 atom stereocenters. The molecule has 0 saturated heterocycles. The molecule has 27 heavy (non-hydrogen) atoms. The van der Waals surface area contributed by atoms with Crippen LogP contribution in [0.2, 0.25) is 0 Å². The van der Waals surface area contributed by atoms with E-state index in [2.05, 4.69) is 75.1 Å². The van der Waals surface area contributed by atoms with Crippen LogP contribution in [0.5, 0.6) is 0 Å². The van der Waals surface area contributed by atoms with Crippen molar-refractivity contribution >= 4 is 12.6 Å². The summed E-state index contributed by atoms with van der Waals surface area (Å²) in [7, 11) is 0. The average Bonchev–Trinajstić information content (AvgIpc) is 3.47. The molecule has 0 fully saturated rings. The van der Waals surface area contributed by atoms with Crippen LogP contribution in [0.4, 0.5) is 0 Å². The van der Waals surface area contributed by atoms with E-state index in [1.54, 1.807) is 24.7 Å². The largest absolute Gasteiger partial charge is 6.00 e. The summed E-state index contributed by atoms with van der Waals surface area (Å²) in [5, 5.41) is 0. The smallest absolute Gasteiger partial charge is 0.999 e. The Morgan fingerprint density at radius 2 is 0.815 bits per heavy atom. The van der Waals surface area contributed by atoms with E-state index < -0.39 is 0 Å². The maximum atomic E-state index is 9.42. The monoisotopic (exact) mass is 444 g/mol. The Morgan fingerprint density at radius 3 is 0.926 bits per heavy atom. The second-order valence-electron chi connectivity index (χ2n) is 2.51. The number of rotatable bonds is 4. The third-order valence-corrected chi connectivity index (χ3v) is 1.26. The Balaban J connectivity index is -0.0000000366. The molecular weight excluding hydrogens is 436 g/mol. The fourth-order valence-electron chi connectivity index (χ4n) is 0.594. The van der Waals surface area contributed by atoms with E-state index in [0.29, 0.717) is 19.3 Å². The minimum absolute atomic E-state index is 0. The fourth-order valence-corrected chi connectivity index (χ4v) is 0.594. The zero-order valence-corrected chi connectivity index (χ0v) is 15.6. The summed E-state index contributed by atoms with van der Waals surface area (Å²) in [6.07, 6.45) is 4.65. The van der Waals surface area contributed by atoms with Crippen molar-refractivity contribution in [3.8, 4) is 0 Å². The Kier molecular flexibility index (Phi) is 124. The topological polar surface area (TPSA) is 114 Å². The van der Waals surface area contributed by atoms with Gasteiger partial charge in [-0.1, -0.05) is 0 Å². The van der Waals surface area contributed by atoms with Gasteiger partial charge in [-0.3, -0.25) is 12.6 Å². The third-order valence-electron chi connectivity index (χ3n) is 1.26. The van der Waals surface area contributed by atoms with Crippen molar-refractivity contribution in [2.24, 2.45) is 0 Å². The van der Waals surface area contributed by atoms with E-state index in [9.17, 15) is 9.59 Å². The molecule has 0 amide bonds. The molecule has 8 heteroatoms. The predicted molar refractivity (Wildman–Crippen MR) is 75.7 cm³/mol. The van der Waals surface area contributed by atoms with Crippen LogP contribution in [-0.2, 0) is 62.3 Å². The summed E-state index contributed by atoms with van der Waals surface area (Å²) >= 11 is 0. The summed E-state index contributed by atoms with van der Waals surface area (Å²) in [5.74, 6) is 0. The molecule has 0 heterocycles. The van der Waals surface area contributed by atoms with Crippen LogP contribution in [0.25, 0.3) is 0 Å². The molecule has 0 aliphatic carbocycles. The molecular formula is C19H8Fe2O6. The quantitative estimate of drug-likeness (QED) is 0.308. The molecule has 0 unspecified atom stereocenters. The van der Waals surface area contributed by atoms with E-state index in [1.165, 1.54) is 0 Å². The number of carbonyl (C=O) groups excluding carboxylic acids is 2. The van der Waals surface area contributed by atoms with E-state index in [4.69, 9.17) is 18.6 Å². The summed E-state index contributed by atoms with van der Waals surface area (Å²) in [6, 6.07) is 24.0. The predicted octanol–water partition coefficient (Wildman–Crippen LogP) is 1.43. The van der Waals surface area contributed by atoms with Gasteiger partial charge in [0.2, 0.25) is 0 Å². The first-order valence-corrected chi connectivity index (χ1v) is 5.59. The molecule has 0 bridgehead atoms. The van der Waals surface area contributed by atoms with Crippen LogP contribution in [-0.4, -0.2) is 12.6 Å². The van der Waals surface area contributed by atoms with Gasteiger partial charge in [-0.05, 0) is 0 Å². The van der Waals surface area contributed by atoms with Crippen molar-refractivity contribution in [3.63, 3.8) is 0 Å². The van der Waals surface area contributed by atoms with Gasteiger partial charge in [-0.15, -0.1) is 6.42 Å². The fraction of sp³-hybridized carbons (Fsp3) is 0.158. The van der Waals surface area contributed by atoms with Crippen LogP contribution < -0.4 is 0 Å². The second-order valence-corrected chi connectivity index (χ2v) is 2.51. The van der Waals surface area contributed by atoms with Crippen molar-refractivity contribution in [1.29, 1.82) is 0 Å². The Hall–Kier alpha value is -1.96. The summed E-state index contributed by atoms with van der Waals surface area (Å²) in [5.41, 5.74) is 0. The first-order valence-electron chi connectivity index (χ1n) is 5.59. The molecule has 2 rings (SSSR count). The van der Waals surface area contributed by atoms with Gasteiger partial charge in [0.25, 0.3) is 0 Å². The number of hydrogen-bond acceptors (Lipinski definition) is 2. The third kappa shape index (κ3) is 80.6. The SMILES string of the molecule is O=[C-]CCC[C-]=O.[C-]#[O+].[C-]#[O+].[C-]#[O+].[C-]#[O+].[Fe+6].[Fe+6].[c-]1[c-][c-][cH-][c-]1.[c-]1[c-][c-][cH-][c-]1. The maximum absolute atomic E-state index is 9.42. The van der Waals surface area contributed by atoms with Gasteiger partial charge in [-0.2, -0.15) is 12.8 Å². The minimum atomic E-state index is 0. The molecule has 2 aromatic carbocycles. The van der Waals surface area contributed by atoms with Gasteiger partial charge in [0.15, 0.2) is 0 Å². The zero-order valence-electron chi connectivity index (χ0n) is 13.4. The van der Waals surface area contributed by atoms with Crippen molar-refractivity contribution in [2.75, 3.05) is 0 Å². The molecule has 0 aromatic heterocycles. The number of hydrogen-bond donors (Lipinski definition) is 0. The van der Waals surface area contributed by atoms with Crippen molar-refractivity contribution < 1.29 is 62.3 Å². The molecule has 6 nitrogen and oxygen atoms in total. The van der Waals surface area contributed by atoms with E-state index in [0.717, 1.165) is 0 Å². The van der Waals surface area contributed by atoms with Crippen LogP contribution in [0, 0.1) is 75.1 Å². The Labute approximate surface area is 181 Å². The molecule has 0 radical (unpaired) electrons. The standard InChI is InChI=1S/C5H6O2.2C5H.4CO.2Fe/c6-4-2-1-3-5-7;2*1-2-4-5-3-1;4*1-2;;/h1-3H2;2*1H;;;;;;/q-2;2*-5;;;;;2*+6. The number of unbranched alkanes of at least 4 members (excludes halogenated alkanes) is 2. The van der Waals surface area contributed by atoms with E-state index >= 15 is 0 Å². The molecule has 0 N–H and O–H groups in total. The normalized spacial score (nSPS) is 5.33. The molecule has 0 aliphatic rings. The first-order chi connectivity index (χ1) is 12.4. The van der Waals surface area contributed by atoms with Crippen LogP contribution in [0.3, 0.4) is 0 Å². The molecule has 0 saturated carbocycles. The maximum Gasteiger partial charge on any atom is 6.00 e. The van der Waals surface area contributed by atoms with Crippen LogP contribution >= 0.6 is 0 Å². The molecule has 136 valence electrons. The van der Waals surface area contributed by atoms with Crippen LogP contribution in [0.1, 0.15) is 19.3 Å². The van der Waals surface area contributed by atoms with Crippen LogP contribution in [0.15, 0.2) is 12.1 Å². The summed E-state index contributed by atoms with van der Waals surface area (Å²) in [4.78, 5) is 18.8. The van der Waals surface area contributed by atoms with Gasteiger partial charge in [0, 0.05) is 0 Å². The summed E-state index contributed by atoms with van der Waals surface area (Å²) in [6.45, 7) is 18.0. The molecule has 2 aromatic rings. The average molecular weight is 444 g/mol. The molecule has 0 aliphatic heterocycles. The Morgan fingerprint density at radius 1 is 0.593 bits per heavy atom.